The molecule has 0 spiro atoms. The molecule has 0 rings (SSSR count). The number of amides is 2. The molecule has 234 valence electrons. The van der Waals surface area contributed by atoms with Crippen LogP contribution in [-0.2, 0) is 37.0 Å². The Balaban J connectivity index is 3.39. The monoisotopic (exact) mass is 592 g/mol. The van der Waals surface area contributed by atoms with Crippen LogP contribution in [0.15, 0.2) is 12.2 Å². The molecule has 0 heterocycles. The minimum atomic E-state index is -2.59. The van der Waals surface area contributed by atoms with Crippen molar-refractivity contribution in [3.05, 3.63) is 12.2 Å². The Morgan fingerprint density at radius 2 is 1.07 bits per heavy atom. The summed E-state index contributed by atoms with van der Waals surface area (Å²) in [5, 5.41) is 5.36. The van der Waals surface area contributed by atoms with Gasteiger partial charge < -0.3 is 42.9 Å². The van der Waals surface area contributed by atoms with E-state index in [1.807, 2.05) is 0 Å². The molecule has 0 atom stereocenters. The van der Waals surface area contributed by atoms with Gasteiger partial charge in [-0.15, -0.1) is 0 Å². The maximum atomic E-state index is 11.8. The van der Waals surface area contributed by atoms with Crippen LogP contribution in [-0.4, -0.2) is 94.4 Å². The Labute approximate surface area is 241 Å². The van der Waals surface area contributed by atoms with Gasteiger partial charge in [0.25, 0.3) is 0 Å². The van der Waals surface area contributed by atoms with Gasteiger partial charge in [0.15, 0.2) is 0 Å². The molecule has 0 radical (unpaired) electrons. The summed E-state index contributed by atoms with van der Waals surface area (Å²) < 4.78 is 36.6. The van der Waals surface area contributed by atoms with Crippen LogP contribution in [0.4, 0.5) is 9.59 Å². The summed E-state index contributed by atoms with van der Waals surface area (Å²) in [6, 6.07) is 0.624. The lowest BCUT2D eigenvalue weighted by Gasteiger charge is -2.24. The van der Waals surface area contributed by atoms with E-state index in [9.17, 15) is 14.4 Å². The van der Waals surface area contributed by atoms with Crippen molar-refractivity contribution >= 4 is 27.0 Å². The largest absolute Gasteiger partial charge is 0.500 e. The third-order valence-corrected chi connectivity index (χ3v) is 8.77. The van der Waals surface area contributed by atoms with E-state index in [0.29, 0.717) is 50.9 Å². The molecule has 2 amide bonds. The molecule has 2 N–H and O–H groups in total. The quantitative estimate of drug-likeness (QED) is 0.0490. The topological polar surface area (TPSA) is 140 Å². The molecule has 0 saturated heterocycles. The van der Waals surface area contributed by atoms with Crippen molar-refractivity contribution in [2.75, 3.05) is 67.5 Å². The van der Waals surface area contributed by atoms with Gasteiger partial charge in [-0.25, -0.2) is 14.4 Å². The Hall–Kier alpha value is -2.19. The maximum absolute atomic E-state index is 11.8. The maximum Gasteiger partial charge on any atom is 0.500 e. The van der Waals surface area contributed by atoms with Gasteiger partial charge in [-0.1, -0.05) is 51.5 Å². The van der Waals surface area contributed by atoms with Crippen molar-refractivity contribution < 1.29 is 46.6 Å². The molecule has 40 heavy (non-hydrogen) atoms. The highest BCUT2D eigenvalue weighted by Crippen LogP contribution is 2.14. The van der Waals surface area contributed by atoms with Crippen LogP contribution in [0, 0.1) is 0 Å². The number of hydrogen-bond acceptors (Lipinski definition) is 10. The number of nitrogens with one attached hydrogen (secondary N) is 2. The normalized spacial score (nSPS) is 11.1. The zero-order chi connectivity index (χ0) is 29.9. The van der Waals surface area contributed by atoms with E-state index >= 15 is 0 Å². The first-order valence-electron chi connectivity index (χ1n) is 14.2. The number of unbranched alkanes of at least 4 members (excludes halogenated alkanes) is 8. The zero-order valence-corrected chi connectivity index (χ0v) is 26.0. The Morgan fingerprint density at radius 1 is 0.600 bits per heavy atom. The number of carbonyl (C=O) groups is 3. The predicted molar refractivity (Wildman–Crippen MR) is 153 cm³/mol. The van der Waals surface area contributed by atoms with Gasteiger partial charge in [-0.05, 0) is 26.2 Å². The second-order valence-corrected chi connectivity index (χ2v) is 12.3. The van der Waals surface area contributed by atoms with E-state index < -0.39 is 27.0 Å². The molecular weight excluding hydrogens is 540 g/mol. The molecule has 0 aliphatic rings. The van der Waals surface area contributed by atoms with E-state index in [0.717, 1.165) is 51.4 Å². The molecule has 0 saturated carbocycles. The number of carbonyl (C=O) groups excluding carboxylic acids is 3. The minimum absolute atomic E-state index is 0.149. The lowest BCUT2D eigenvalue weighted by Crippen LogP contribution is -2.43. The van der Waals surface area contributed by atoms with Crippen molar-refractivity contribution in [2.45, 2.75) is 77.2 Å². The molecule has 12 nitrogen and oxygen atoms in total. The standard InChI is InChI=1S/C27H52N2O10Si/c1-24(2)25(30)37-22-21-36-20-17-29-27(32)39-19-14-12-10-8-6-7-9-11-13-18-38-26(31)28-16-15-23-40(33-3,34-4)35-5/h1,6-23H2,2-5H3,(H,28,31)(H,29,32). The molecule has 0 unspecified atom stereocenters. The highest BCUT2D eigenvalue weighted by Gasteiger charge is 2.36. The van der Waals surface area contributed by atoms with E-state index in [1.54, 1.807) is 28.3 Å². The molecule has 0 fully saturated rings. The summed E-state index contributed by atoms with van der Waals surface area (Å²) >= 11 is 0. The van der Waals surface area contributed by atoms with Crippen LogP contribution in [0.3, 0.4) is 0 Å². The fraction of sp³-hybridized carbons (Fsp3) is 0.815. The fourth-order valence-electron chi connectivity index (χ4n) is 3.57. The summed E-state index contributed by atoms with van der Waals surface area (Å²) in [6.07, 6.45) is 9.31. The van der Waals surface area contributed by atoms with E-state index in [4.69, 9.17) is 32.2 Å². The SMILES string of the molecule is C=C(C)C(=O)OCCOCCNC(=O)OCCCCCCCCCCCOC(=O)NCCC[Si](OC)(OC)OC. The van der Waals surface area contributed by atoms with Crippen LogP contribution in [0.1, 0.15) is 71.1 Å². The Bertz CT molecular complexity index is 684. The number of esters is 1. The summed E-state index contributed by atoms with van der Waals surface area (Å²) in [5.41, 5.74) is 0.345. The molecule has 0 aromatic rings. The van der Waals surface area contributed by atoms with Crippen molar-refractivity contribution in [1.29, 1.82) is 0 Å². The van der Waals surface area contributed by atoms with Gasteiger partial charge in [0.05, 0.1) is 26.4 Å². The second kappa shape index (κ2) is 25.8. The second-order valence-electron chi connectivity index (χ2n) is 9.23. The van der Waals surface area contributed by atoms with Crippen molar-refractivity contribution in [3.8, 4) is 0 Å². The van der Waals surface area contributed by atoms with Gasteiger partial charge in [0, 0.05) is 46.0 Å². The van der Waals surface area contributed by atoms with E-state index in [-0.39, 0.29) is 13.2 Å². The number of hydrogen-bond donors (Lipinski definition) is 2. The first kappa shape index (κ1) is 37.8. The van der Waals surface area contributed by atoms with Gasteiger partial charge in [0.2, 0.25) is 0 Å². The summed E-state index contributed by atoms with van der Waals surface area (Å²) in [7, 11) is 2.12. The Morgan fingerprint density at radius 3 is 1.55 bits per heavy atom. The molecule has 13 heteroatoms. The van der Waals surface area contributed by atoms with Crippen molar-refractivity contribution in [3.63, 3.8) is 0 Å². The third kappa shape index (κ3) is 21.6. The lowest BCUT2D eigenvalue weighted by molar-refractivity contribution is -0.140. The first-order valence-corrected chi connectivity index (χ1v) is 16.1. The minimum Gasteiger partial charge on any atom is -0.460 e. The molecular formula is C27H52N2O10Si. The average molecular weight is 593 g/mol. The third-order valence-electron chi connectivity index (χ3n) is 5.94. The van der Waals surface area contributed by atoms with Crippen LogP contribution in [0.2, 0.25) is 6.04 Å². The smallest absolute Gasteiger partial charge is 0.460 e. The highest BCUT2D eigenvalue weighted by atomic mass is 28.4. The van der Waals surface area contributed by atoms with Crippen LogP contribution < -0.4 is 10.6 Å². The fourth-order valence-corrected chi connectivity index (χ4v) is 5.29. The molecule has 0 aromatic heterocycles. The highest BCUT2D eigenvalue weighted by molar-refractivity contribution is 6.60. The van der Waals surface area contributed by atoms with Gasteiger partial charge in [0.1, 0.15) is 6.61 Å². The van der Waals surface area contributed by atoms with Gasteiger partial charge in [-0.3, -0.25) is 0 Å². The van der Waals surface area contributed by atoms with Gasteiger partial charge >= 0.3 is 27.0 Å². The summed E-state index contributed by atoms with van der Waals surface area (Å²) in [5.74, 6) is -0.443. The average Bonchev–Trinajstić information content (AvgIpc) is 2.95. The van der Waals surface area contributed by atoms with Crippen LogP contribution in [0.25, 0.3) is 0 Å². The van der Waals surface area contributed by atoms with E-state index in [1.165, 1.54) is 6.42 Å². The van der Waals surface area contributed by atoms with E-state index in [2.05, 4.69) is 17.2 Å². The number of rotatable bonds is 26. The number of ether oxygens (including phenoxy) is 4. The van der Waals surface area contributed by atoms with Crippen LogP contribution in [0.5, 0.6) is 0 Å². The van der Waals surface area contributed by atoms with Crippen molar-refractivity contribution in [1.82, 2.24) is 10.6 Å². The van der Waals surface area contributed by atoms with Crippen molar-refractivity contribution in [2.24, 2.45) is 0 Å². The molecule has 0 aliphatic carbocycles. The number of alkyl carbamates (subject to hydrolysis) is 2. The Kier molecular flexibility index (Phi) is 24.3. The zero-order valence-electron chi connectivity index (χ0n) is 25.0. The van der Waals surface area contributed by atoms with Gasteiger partial charge in [-0.2, -0.15) is 0 Å². The molecule has 0 aromatic carbocycles. The lowest BCUT2D eigenvalue weighted by atomic mass is 10.1. The molecule has 0 bridgehead atoms. The molecule has 0 aliphatic heterocycles. The first-order chi connectivity index (χ1) is 19.3. The summed E-state index contributed by atoms with van der Waals surface area (Å²) in [6.45, 7) is 7.42. The summed E-state index contributed by atoms with van der Waals surface area (Å²) in [4.78, 5) is 34.6. The van der Waals surface area contributed by atoms with Crippen LogP contribution >= 0.6 is 0 Å². The predicted octanol–water partition coefficient (Wildman–Crippen LogP) is 4.35.